The van der Waals surface area contributed by atoms with Crippen LogP contribution >= 0.6 is 0 Å². The molecule has 12 nitrogen and oxygen atoms in total. The number of benzene rings is 1. The summed E-state index contributed by atoms with van der Waals surface area (Å²) in [5.74, 6) is -2.04. The fraction of sp³-hybridized carbons (Fsp3) is 0.478. The molecule has 4 rings (SSSR count). The Hall–Kier alpha value is -3.16. The van der Waals surface area contributed by atoms with Crippen LogP contribution in [-0.2, 0) is 9.59 Å². The van der Waals surface area contributed by atoms with E-state index in [0.717, 1.165) is 17.6 Å². The van der Waals surface area contributed by atoms with E-state index in [9.17, 15) is 14.4 Å². The molecule has 1 saturated carbocycles. The molecule has 2 fully saturated rings. The fourth-order valence-corrected chi connectivity index (χ4v) is 4.11. The predicted molar refractivity (Wildman–Crippen MR) is 125 cm³/mol. The predicted octanol–water partition coefficient (Wildman–Crippen LogP) is -0.952. The lowest BCUT2D eigenvalue weighted by Gasteiger charge is -2.20. The Labute approximate surface area is 201 Å². The first-order valence-corrected chi connectivity index (χ1v) is 10.9. The molecule has 0 radical (unpaired) electrons. The van der Waals surface area contributed by atoms with Crippen molar-refractivity contribution in [3.8, 4) is 5.69 Å². The summed E-state index contributed by atoms with van der Waals surface area (Å²) in [7, 11) is 0. The zero-order chi connectivity index (χ0) is 24.1. The second kappa shape index (κ2) is 13.1. The average Bonchev–Trinajstić information content (AvgIpc) is 3.45. The Morgan fingerprint density at radius 2 is 1.66 bits per heavy atom. The third-order valence-corrected chi connectivity index (χ3v) is 6.17. The van der Waals surface area contributed by atoms with E-state index in [4.69, 9.17) is 20.4 Å². The number of carboxylic acid groups (broad SMARTS) is 2. The van der Waals surface area contributed by atoms with Crippen LogP contribution in [0.15, 0.2) is 47.4 Å². The monoisotopic (exact) mass is 495 g/mol. The molecule has 2 unspecified atom stereocenters. The van der Waals surface area contributed by atoms with E-state index < -0.39 is 24.1 Å². The van der Waals surface area contributed by atoms with Gasteiger partial charge in [-0.25, -0.2) is 9.59 Å². The Balaban J connectivity index is 0.000000442. The number of carboxylic acids is 2. The largest absolute Gasteiger partial charge is 0.479 e. The molecule has 2 aliphatic rings. The van der Waals surface area contributed by atoms with Gasteiger partial charge in [0.05, 0.1) is 5.69 Å². The lowest BCUT2D eigenvalue weighted by molar-refractivity contribution is -0.165. The Morgan fingerprint density at radius 1 is 1.06 bits per heavy atom. The highest BCUT2D eigenvalue weighted by atomic mass is 16.4. The van der Waals surface area contributed by atoms with Crippen molar-refractivity contribution in [2.45, 2.75) is 50.4 Å². The molecule has 1 aliphatic carbocycles. The Morgan fingerprint density at radius 3 is 2.14 bits per heavy atom. The first-order chi connectivity index (χ1) is 15.7. The molecule has 8 N–H and O–H groups in total. The minimum atomic E-state index is -2.27. The van der Waals surface area contributed by atoms with E-state index >= 15 is 0 Å². The van der Waals surface area contributed by atoms with Crippen LogP contribution in [0.25, 0.3) is 5.69 Å². The van der Waals surface area contributed by atoms with Crippen molar-refractivity contribution in [3.63, 3.8) is 0 Å². The van der Waals surface area contributed by atoms with Crippen LogP contribution in [0.1, 0.15) is 37.7 Å². The van der Waals surface area contributed by atoms with Gasteiger partial charge in [0.1, 0.15) is 0 Å². The summed E-state index contributed by atoms with van der Waals surface area (Å²) in [6.07, 6.45) is 1.11. The third kappa shape index (κ3) is 7.67. The van der Waals surface area contributed by atoms with Crippen LogP contribution in [0, 0.1) is 5.92 Å². The first kappa shape index (κ1) is 29.9. The van der Waals surface area contributed by atoms with E-state index in [-0.39, 0.29) is 16.5 Å². The van der Waals surface area contributed by atoms with E-state index in [1.807, 2.05) is 12.1 Å². The number of aliphatic carboxylic acids is 2. The van der Waals surface area contributed by atoms with Crippen molar-refractivity contribution in [1.29, 1.82) is 0 Å². The molecule has 1 aromatic heterocycles. The molecule has 12 heteroatoms. The van der Waals surface area contributed by atoms with E-state index in [1.165, 1.54) is 48.7 Å². The molecule has 194 valence electrons. The number of aliphatic hydroxyl groups excluding tert-OH is 2. The van der Waals surface area contributed by atoms with E-state index in [1.54, 1.807) is 12.3 Å². The smallest absolute Gasteiger partial charge is 0.335 e. The van der Waals surface area contributed by atoms with Gasteiger partial charge >= 0.3 is 11.9 Å². The lowest BCUT2D eigenvalue weighted by Crippen LogP contribution is -2.39. The molecule has 1 aromatic carbocycles. The molecule has 2 heterocycles. The molecular formula is C23H33N3O9. The van der Waals surface area contributed by atoms with Gasteiger partial charge in [0, 0.05) is 24.8 Å². The van der Waals surface area contributed by atoms with Gasteiger partial charge in [0.25, 0.3) is 5.56 Å². The maximum absolute atomic E-state index is 11.8. The van der Waals surface area contributed by atoms with Gasteiger partial charge in [0.2, 0.25) is 0 Å². The normalized spacial score (nSPS) is 22.4. The number of hydrogen-bond donors (Lipinski definition) is 4. The highest BCUT2D eigenvalue weighted by molar-refractivity contribution is 5.83. The van der Waals surface area contributed by atoms with Crippen LogP contribution < -0.4 is 5.56 Å². The maximum Gasteiger partial charge on any atom is 0.335 e. The van der Waals surface area contributed by atoms with Crippen molar-refractivity contribution in [1.82, 2.24) is 14.7 Å². The molecular weight excluding hydrogens is 462 g/mol. The molecule has 1 saturated heterocycles. The van der Waals surface area contributed by atoms with Crippen molar-refractivity contribution >= 4 is 11.9 Å². The summed E-state index contributed by atoms with van der Waals surface area (Å²) < 4.78 is 1.44. The van der Waals surface area contributed by atoms with Crippen molar-refractivity contribution in [3.05, 3.63) is 58.5 Å². The second-order valence-electron chi connectivity index (χ2n) is 8.52. The number of hydrogen-bond acceptors (Lipinski definition) is 7. The van der Waals surface area contributed by atoms with Gasteiger partial charge in [-0.3, -0.25) is 4.79 Å². The SMILES string of the molecule is C[C@H]1CCCN1C[C@H]1C[C@@H]1c1ccc(-n2ncccc2=O)cc1.O.O.O=C(O)C(O)C(O)C(=O)O. The summed E-state index contributed by atoms with van der Waals surface area (Å²) in [5, 5.41) is 36.7. The maximum atomic E-state index is 11.8. The summed E-state index contributed by atoms with van der Waals surface area (Å²) in [6, 6.07) is 12.3. The van der Waals surface area contributed by atoms with E-state index in [0.29, 0.717) is 5.92 Å². The van der Waals surface area contributed by atoms with Crippen LogP contribution in [0.2, 0.25) is 0 Å². The second-order valence-corrected chi connectivity index (χ2v) is 8.52. The fourth-order valence-electron chi connectivity index (χ4n) is 4.11. The molecule has 35 heavy (non-hydrogen) atoms. The lowest BCUT2D eigenvalue weighted by atomic mass is 10.1. The van der Waals surface area contributed by atoms with Crippen LogP contribution in [0.3, 0.4) is 0 Å². The zero-order valence-electron chi connectivity index (χ0n) is 19.3. The number of rotatable bonds is 7. The average molecular weight is 496 g/mol. The number of likely N-dealkylation sites (tertiary alicyclic amines) is 1. The number of nitrogens with zero attached hydrogens (tertiary/aromatic N) is 3. The number of aromatic nitrogens is 2. The molecule has 0 amide bonds. The summed E-state index contributed by atoms with van der Waals surface area (Å²) in [6.45, 7) is 4.86. The number of aliphatic hydroxyl groups is 2. The van der Waals surface area contributed by atoms with Crippen molar-refractivity contribution < 1.29 is 41.0 Å². The highest BCUT2D eigenvalue weighted by Crippen LogP contribution is 2.48. The van der Waals surface area contributed by atoms with E-state index in [2.05, 4.69) is 29.1 Å². The molecule has 0 bridgehead atoms. The molecule has 5 atom stereocenters. The van der Waals surface area contributed by atoms with Crippen LogP contribution in [0.4, 0.5) is 0 Å². The van der Waals surface area contributed by atoms with Crippen molar-refractivity contribution in [2.75, 3.05) is 13.1 Å². The summed E-state index contributed by atoms with van der Waals surface area (Å²) in [5.41, 5.74) is 2.15. The van der Waals surface area contributed by atoms with Gasteiger partial charge < -0.3 is 36.3 Å². The van der Waals surface area contributed by atoms with Crippen LogP contribution in [-0.4, -0.2) is 89.3 Å². The highest BCUT2D eigenvalue weighted by Gasteiger charge is 2.40. The van der Waals surface area contributed by atoms with Gasteiger partial charge in [-0.2, -0.15) is 9.78 Å². The van der Waals surface area contributed by atoms with Gasteiger partial charge in [-0.05, 0) is 68.3 Å². The Kier molecular flexibility index (Phi) is 11.2. The quantitative estimate of drug-likeness (QED) is 0.371. The van der Waals surface area contributed by atoms with Gasteiger partial charge in [-0.15, -0.1) is 0 Å². The third-order valence-electron chi connectivity index (χ3n) is 6.17. The topological polar surface area (TPSA) is 216 Å². The van der Waals surface area contributed by atoms with Gasteiger partial charge in [-0.1, -0.05) is 12.1 Å². The van der Waals surface area contributed by atoms with Crippen LogP contribution in [0.5, 0.6) is 0 Å². The minimum Gasteiger partial charge on any atom is -0.479 e. The minimum absolute atomic E-state index is 0. The molecule has 0 spiro atoms. The first-order valence-electron chi connectivity index (χ1n) is 10.9. The Bertz CT molecular complexity index is 1010. The van der Waals surface area contributed by atoms with Crippen molar-refractivity contribution in [2.24, 2.45) is 5.92 Å². The standard InChI is InChI=1S/C19H23N3O.C4H6O6.2H2O/c1-14-4-3-11-21(14)13-16-12-18(16)15-6-8-17(9-7-15)22-19(23)5-2-10-20-22;5-1(3(7)8)2(6)4(9)10;;/h2,5-10,14,16,18H,3-4,11-13H2,1H3;1-2,5-6H,(H,7,8)(H,9,10);2*1H2/t14-,16+,18+;;;/m0.../s1. The van der Waals surface area contributed by atoms with Gasteiger partial charge in [0.15, 0.2) is 12.2 Å². The number of carbonyl (C=O) groups is 2. The molecule has 1 aliphatic heterocycles. The summed E-state index contributed by atoms with van der Waals surface area (Å²) in [4.78, 5) is 34.0. The summed E-state index contributed by atoms with van der Waals surface area (Å²) >= 11 is 0. The molecule has 2 aromatic rings. The zero-order valence-corrected chi connectivity index (χ0v) is 19.3.